The highest BCUT2D eigenvalue weighted by atomic mass is 32.1. The molecule has 2 heterocycles. The molecule has 0 spiro atoms. The van der Waals surface area contributed by atoms with Crippen LogP contribution in [0.25, 0.3) is 10.6 Å². The van der Waals surface area contributed by atoms with Crippen molar-refractivity contribution in [3.8, 4) is 22.1 Å². The van der Waals surface area contributed by atoms with E-state index in [0.29, 0.717) is 42.0 Å². The summed E-state index contributed by atoms with van der Waals surface area (Å²) in [5, 5.41) is 8.04. The van der Waals surface area contributed by atoms with Crippen LogP contribution in [-0.2, 0) is 11.3 Å². The van der Waals surface area contributed by atoms with Gasteiger partial charge in [0.2, 0.25) is 5.91 Å². The summed E-state index contributed by atoms with van der Waals surface area (Å²) >= 11 is 2.92. The van der Waals surface area contributed by atoms with Crippen molar-refractivity contribution >= 4 is 39.6 Å². The SMILES string of the molecule is CCCOc1ccc(C(=O)Nc2nc(-c3ccc(CNC(C)=O)s3)cs2)cc1OCC. The molecule has 1 aromatic carbocycles. The van der Waals surface area contributed by atoms with E-state index >= 15 is 0 Å². The van der Waals surface area contributed by atoms with Crippen molar-refractivity contribution < 1.29 is 19.1 Å². The third-order valence-corrected chi connectivity index (χ3v) is 5.98. The van der Waals surface area contributed by atoms with Crippen molar-refractivity contribution in [2.45, 2.75) is 33.7 Å². The fourth-order valence-corrected chi connectivity index (χ4v) is 4.37. The van der Waals surface area contributed by atoms with E-state index in [9.17, 15) is 9.59 Å². The minimum Gasteiger partial charge on any atom is -0.490 e. The molecular weight excluding hydrogens is 434 g/mol. The van der Waals surface area contributed by atoms with E-state index in [1.54, 1.807) is 29.5 Å². The third-order valence-electron chi connectivity index (χ3n) is 4.12. The molecular formula is C22H25N3O4S2. The highest BCUT2D eigenvalue weighted by Gasteiger charge is 2.14. The Morgan fingerprint density at radius 3 is 2.68 bits per heavy atom. The number of ether oxygens (including phenoxy) is 2. The molecule has 0 aliphatic rings. The van der Waals surface area contributed by atoms with Crippen molar-refractivity contribution in [1.29, 1.82) is 0 Å². The van der Waals surface area contributed by atoms with Gasteiger partial charge in [0.05, 0.1) is 30.3 Å². The number of anilines is 1. The highest BCUT2D eigenvalue weighted by Crippen LogP contribution is 2.32. The fourth-order valence-electron chi connectivity index (χ4n) is 2.68. The predicted molar refractivity (Wildman–Crippen MR) is 124 cm³/mol. The molecule has 2 amide bonds. The van der Waals surface area contributed by atoms with E-state index in [1.165, 1.54) is 18.3 Å². The molecule has 7 nitrogen and oxygen atoms in total. The summed E-state index contributed by atoms with van der Waals surface area (Å²) in [6, 6.07) is 9.08. The van der Waals surface area contributed by atoms with Gasteiger partial charge in [0.25, 0.3) is 5.91 Å². The van der Waals surface area contributed by atoms with Crippen LogP contribution in [0, 0.1) is 0 Å². The minimum atomic E-state index is -0.263. The van der Waals surface area contributed by atoms with Gasteiger partial charge in [-0.15, -0.1) is 22.7 Å². The minimum absolute atomic E-state index is 0.0638. The van der Waals surface area contributed by atoms with Crippen molar-refractivity contribution in [1.82, 2.24) is 10.3 Å². The van der Waals surface area contributed by atoms with E-state index < -0.39 is 0 Å². The lowest BCUT2D eigenvalue weighted by Crippen LogP contribution is -2.17. The molecule has 0 saturated carbocycles. The molecule has 0 aliphatic carbocycles. The highest BCUT2D eigenvalue weighted by molar-refractivity contribution is 7.17. The smallest absolute Gasteiger partial charge is 0.257 e. The quantitative estimate of drug-likeness (QED) is 0.448. The van der Waals surface area contributed by atoms with Gasteiger partial charge in [-0.2, -0.15) is 0 Å². The lowest BCUT2D eigenvalue weighted by Gasteiger charge is -2.12. The summed E-state index contributed by atoms with van der Waals surface area (Å²) in [4.78, 5) is 30.3. The van der Waals surface area contributed by atoms with Crippen LogP contribution >= 0.6 is 22.7 Å². The Bertz CT molecular complexity index is 1050. The Morgan fingerprint density at radius 2 is 1.94 bits per heavy atom. The Labute approximate surface area is 189 Å². The van der Waals surface area contributed by atoms with Crippen LogP contribution in [0.15, 0.2) is 35.7 Å². The molecule has 0 unspecified atom stereocenters. The molecule has 164 valence electrons. The second kappa shape index (κ2) is 10.9. The number of carbonyl (C=O) groups excluding carboxylic acids is 2. The van der Waals surface area contributed by atoms with E-state index in [1.807, 2.05) is 31.4 Å². The van der Waals surface area contributed by atoms with Gasteiger partial charge in [0.15, 0.2) is 16.6 Å². The topological polar surface area (TPSA) is 89.5 Å². The number of hydrogen-bond acceptors (Lipinski definition) is 7. The Balaban J connectivity index is 1.68. The second-order valence-electron chi connectivity index (χ2n) is 6.61. The van der Waals surface area contributed by atoms with Crippen molar-refractivity contribution in [3.63, 3.8) is 0 Å². The molecule has 9 heteroatoms. The summed E-state index contributed by atoms with van der Waals surface area (Å²) in [6.07, 6.45) is 0.888. The summed E-state index contributed by atoms with van der Waals surface area (Å²) < 4.78 is 11.3. The van der Waals surface area contributed by atoms with E-state index in [0.717, 1.165) is 21.9 Å². The average Bonchev–Trinajstić information content (AvgIpc) is 3.41. The molecule has 3 aromatic rings. The number of aromatic nitrogens is 1. The molecule has 0 bridgehead atoms. The van der Waals surface area contributed by atoms with E-state index in [-0.39, 0.29) is 11.8 Å². The van der Waals surface area contributed by atoms with Crippen LogP contribution in [0.5, 0.6) is 11.5 Å². The number of thiophene rings is 1. The number of thiazole rings is 1. The van der Waals surface area contributed by atoms with Crippen molar-refractivity contribution in [2.24, 2.45) is 0 Å². The maximum atomic E-state index is 12.7. The Morgan fingerprint density at radius 1 is 1.10 bits per heavy atom. The molecule has 0 aliphatic heterocycles. The largest absolute Gasteiger partial charge is 0.490 e. The first-order valence-corrected chi connectivity index (χ1v) is 11.7. The zero-order valence-electron chi connectivity index (χ0n) is 17.7. The van der Waals surface area contributed by atoms with Gasteiger partial charge in [0, 0.05) is 22.7 Å². The number of amides is 2. The van der Waals surface area contributed by atoms with Crippen LogP contribution in [0.3, 0.4) is 0 Å². The summed E-state index contributed by atoms with van der Waals surface area (Å²) in [7, 11) is 0. The van der Waals surface area contributed by atoms with Crippen molar-refractivity contribution in [2.75, 3.05) is 18.5 Å². The first-order valence-electron chi connectivity index (χ1n) is 10.00. The molecule has 2 N–H and O–H groups in total. The monoisotopic (exact) mass is 459 g/mol. The number of rotatable bonds is 10. The Hall–Kier alpha value is -2.91. The maximum Gasteiger partial charge on any atom is 0.257 e. The number of nitrogens with one attached hydrogen (secondary N) is 2. The zero-order chi connectivity index (χ0) is 22.2. The first kappa shape index (κ1) is 22.8. The van der Waals surface area contributed by atoms with Gasteiger partial charge in [0.1, 0.15) is 0 Å². The summed E-state index contributed by atoms with van der Waals surface area (Å²) in [5.41, 5.74) is 1.26. The third kappa shape index (κ3) is 6.28. The van der Waals surface area contributed by atoms with E-state index in [4.69, 9.17) is 9.47 Å². The summed E-state index contributed by atoms with van der Waals surface area (Å²) in [6.45, 7) is 6.97. The van der Waals surface area contributed by atoms with Crippen LogP contribution < -0.4 is 20.1 Å². The van der Waals surface area contributed by atoms with Gasteiger partial charge >= 0.3 is 0 Å². The molecule has 0 fully saturated rings. The summed E-state index contributed by atoms with van der Waals surface area (Å²) in [5.74, 6) is 0.853. The maximum absolute atomic E-state index is 12.7. The van der Waals surface area contributed by atoms with Crippen LogP contribution in [-0.4, -0.2) is 30.0 Å². The number of nitrogens with zero attached hydrogens (tertiary/aromatic N) is 1. The van der Waals surface area contributed by atoms with Gasteiger partial charge in [-0.3, -0.25) is 14.9 Å². The number of benzene rings is 1. The normalized spacial score (nSPS) is 10.5. The van der Waals surface area contributed by atoms with Gasteiger partial charge < -0.3 is 14.8 Å². The second-order valence-corrected chi connectivity index (χ2v) is 8.64. The lowest BCUT2D eigenvalue weighted by atomic mass is 10.2. The Kier molecular flexibility index (Phi) is 8.02. The molecule has 2 aromatic heterocycles. The molecule has 3 rings (SSSR count). The molecule has 0 radical (unpaired) electrons. The van der Waals surface area contributed by atoms with Crippen LogP contribution in [0.1, 0.15) is 42.4 Å². The van der Waals surface area contributed by atoms with Crippen molar-refractivity contribution in [3.05, 3.63) is 46.2 Å². The van der Waals surface area contributed by atoms with Gasteiger partial charge in [-0.25, -0.2) is 4.98 Å². The van der Waals surface area contributed by atoms with Crippen LogP contribution in [0.2, 0.25) is 0 Å². The zero-order valence-corrected chi connectivity index (χ0v) is 19.3. The molecule has 0 atom stereocenters. The molecule has 31 heavy (non-hydrogen) atoms. The molecule has 0 saturated heterocycles. The number of hydrogen-bond donors (Lipinski definition) is 2. The predicted octanol–water partition coefficient (Wildman–Crippen LogP) is 4.95. The first-order chi connectivity index (χ1) is 15.0. The standard InChI is InChI=1S/C22H25N3O4S2/c1-4-10-29-18-8-6-15(11-19(18)28-5-2)21(27)25-22-24-17(13-30-22)20-9-7-16(31-20)12-23-14(3)26/h6-9,11,13H,4-5,10,12H2,1-3H3,(H,23,26)(H,24,25,27). The van der Waals surface area contributed by atoms with Gasteiger partial charge in [-0.05, 0) is 43.7 Å². The van der Waals surface area contributed by atoms with Gasteiger partial charge in [-0.1, -0.05) is 6.92 Å². The van der Waals surface area contributed by atoms with Crippen LogP contribution in [0.4, 0.5) is 5.13 Å². The lowest BCUT2D eigenvalue weighted by molar-refractivity contribution is -0.119. The van der Waals surface area contributed by atoms with E-state index in [2.05, 4.69) is 15.6 Å². The average molecular weight is 460 g/mol. The number of carbonyl (C=O) groups is 2. The fraction of sp³-hybridized carbons (Fsp3) is 0.318.